The van der Waals surface area contributed by atoms with E-state index in [0.29, 0.717) is 6.04 Å². The Kier molecular flexibility index (Phi) is 6.30. The van der Waals surface area contributed by atoms with Gasteiger partial charge in [-0.3, -0.25) is 0 Å². The molecular formula is C15H28N2S. The van der Waals surface area contributed by atoms with Gasteiger partial charge in [0.2, 0.25) is 0 Å². The Bertz CT molecular complexity index is 339. The fraction of sp³-hybridized carbons (Fsp3) is 0.800. The van der Waals surface area contributed by atoms with Crippen molar-refractivity contribution < 1.29 is 0 Å². The SMILES string of the molecule is CCCCCC(C)NCc1csc(C(C)(C)C)n1. The van der Waals surface area contributed by atoms with Gasteiger partial charge in [-0.2, -0.15) is 0 Å². The highest BCUT2D eigenvalue weighted by Crippen LogP contribution is 2.25. The third-order valence-corrected chi connectivity index (χ3v) is 4.38. The van der Waals surface area contributed by atoms with Gasteiger partial charge in [-0.25, -0.2) is 4.98 Å². The average Bonchev–Trinajstić information content (AvgIpc) is 2.75. The molecule has 0 saturated carbocycles. The number of aromatic nitrogens is 1. The van der Waals surface area contributed by atoms with Crippen molar-refractivity contribution in [2.75, 3.05) is 0 Å². The molecular weight excluding hydrogens is 240 g/mol. The van der Waals surface area contributed by atoms with Crippen LogP contribution < -0.4 is 5.32 Å². The molecule has 0 radical (unpaired) electrons. The van der Waals surface area contributed by atoms with Crippen LogP contribution in [0.25, 0.3) is 0 Å². The molecule has 1 heterocycles. The van der Waals surface area contributed by atoms with Crippen LogP contribution in [0, 0.1) is 0 Å². The molecule has 1 atom stereocenters. The number of nitrogens with one attached hydrogen (secondary N) is 1. The van der Waals surface area contributed by atoms with Gasteiger partial charge in [0.1, 0.15) is 0 Å². The Labute approximate surface area is 116 Å². The number of hydrogen-bond acceptors (Lipinski definition) is 3. The summed E-state index contributed by atoms with van der Waals surface area (Å²) in [4.78, 5) is 4.71. The molecule has 104 valence electrons. The second-order valence-corrected chi connectivity index (χ2v) is 7.03. The summed E-state index contributed by atoms with van der Waals surface area (Å²) >= 11 is 1.78. The van der Waals surface area contributed by atoms with E-state index >= 15 is 0 Å². The van der Waals surface area contributed by atoms with Gasteiger partial charge < -0.3 is 5.32 Å². The van der Waals surface area contributed by atoms with Crippen LogP contribution in [0.15, 0.2) is 5.38 Å². The molecule has 18 heavy (non-hydrogen) atoms. The highest BCUT2D eigenvalue weighted by atomic mass is 32.1. The second kappa shape index (κ2) is 7.25. The van der Waals surface area contributed by atoms with Crippen LogP contribution in [-0.2, 0) is 12.0 Å². The van der Waals surface area contributed by atoms with Crippen LogP contribution >= 0.6 is 11.3 Å². The highest BCUT2D eigenvalue weighted by molar-refractivity contribution is 7.09. The van der Waals surface area contributed by atoms with Gasteiger partial charge in [0, 0.05) is 23.4 Å². The third-order valence-electron chi connectivity index (χ3n) is 3.07. The number of nitrogens with zero attached hydrogens (tertiary/aromatic N) is 1. The minimum Gasteiger partial charge on any atom is -0.309 e. The molecule has 1 N–H and O–H groups in total. The van der Waals surface area contributed by atoms with Gasteiger partial charge in [0.15, 0.2) is 0 Å². The normalized spacial score (nSPS) is 13.8. The second-order valence-electron chi connectivity index (χ2n) is 6.17. The van der Waals surface area contributed by atoms with Crippen molar-refractivity contribution in [2.45, 2.75) is 78.3 Å². The van der Waals surface area contributed by atoms with E-state index in [1.807, 2.05) is 0 Å². The van der Waals surface area contributed by atoms with Crippen molar-refractivity contribution >= 4 is 11.3 Å². The fourth-order valence-corrected chi connectivity index (χ4v) is 2.72. The lowest BCUT2D eigenvalue weighted by Crippen LogP contribution is -2.25. The van der Waals surface area contributed by atoms with Crippen molar-refractivity contribution in [1.29, 1.82) is 0 Å². The highest BCUT2D eigenvalue weighted by Gasteiger charge is 2.17. The molecule has 1 rings (SSSR count). The molecule has 0 fully saturated rings. The summed E-state index contributed by atoms with van der Waals surface area (Å²) in [6.07, 6.45) is 5.24. The summed E-state index contributed by atoms with van der Waals surface area (Å²) in [6, 6.07) is 0.594. The number of unbranched alkanes of at least 4 members (excludes halogenated alkanes) is 2. The summed E-state index contributed by atoms with van der Waals surface area (Å²) in [6.45, 7) is 12.1. The first kappa shape index (κ1) is 15.6. The Balaban J connectivity index is 2.33. The lowest BCUT2D eigenvalue weighted by molar-refractivity contribution is 0.483. The summed E-state index contributed by atoms with van der Waals surface area (Å²) in [5.41, 5.74) is 1.36. The molecule has 0 aliphatic carbocycles. The summed E-state index contributed by atoms with van der Waals surface area (Å²) in [7, 11) is 0. The number of hydrogen-bond donors (Lipinski definition) is 1. The molecule has 0 bridgehead atoms. The largest absolute Gasteiger partial charge is 0.309 e. The quantitative estimate of drug-likeness (QED) is 0.737. The maximum absolute atomic E-state index is 4.71. The van der Waals surface area contributed by atoms with Gasteiger partial charge >= 0.3 is 0 Å². The van der Waals surface area contributed by atoms with Crippen molar-refractivity contribution in [3.8, 4) is 0 Å². The third kappa shape index (κ3) is 5.49. The first-order valence-corrected chi connectivity index (χ1v) is 7.99. The molecule has 0 spiro atoms. The van der Waals surface area contributed by atoms with Gasteiger partial charge in [0.25, 0.3) is 0 Å². The van der Waals surface area contributed by atoms with E-state index in [1.165, 1.54) is 36.4 Å². The molecule has 3 heteroatoms. The monoisotopic (exact) mass is 268 g/mol. The molecule has 0 aromatic carbocycles. The standard InChI is InChI=1S/C15H28N2S/c1-6-7-8-9-12(2)16-10-13-11-18-14(17-13)15(3,4)5/h11-12,16H,6-10H2,1-5H3. The number of thiazole rings is 1. The zero-order chi connectivity index (χ0) is 13.6. The van der Waals surface area contributed by atoms with Gasteiger partial charge in [-0.1, -0.05) is 47.0 Å². The van der Waals surface area contributed by atoms with Gasteiger partial charge in [-0.05, 0) is 13.3 Å². The van der Waals surface area contributed by atoms with E-state index in [4.69, 9.17) is 4.98 Å². The van der Waals surface area contributed by atoms with E-state index < -0.39 is 0 Å². The Morgan fingerprint density at radius 1 is 1.33 bits per heavy atom. The van der Waals surface area contributed by atoms with Crippen molar-refractivity contribution in [3.05, 3.63) is 16.1 Å². The molecule has 0 amide bonds. The van der Waals surface area contributed by atoms with E-state index in [1.54, 1.807) is 11.3 Å². The van der Waals surface area contributed by atoms with Crippen molar-refractivity contribution in [2.24, 2.45) is 0 Å². The predicted octanol–water partition coefficient (Wildman–Crippen LogP) is 4.50. The molecule has 0 aliphatic rings. The smallest absolute Gasteiger partial charge is 0.0982 e. The molecule has 0 saturated heterocycles. The van der Waals surface area contributed by atoms with Crippen LogP contribution in [0.2, 0.25) is 0 Å². The van der Waals surface area contributed by atoms with E-state index in [0.717, 1.165) is 6.54 Å². The van der Waals surface area contributed by atoms with Crippen LogP contribution in [-0.4, -0.2) is 11.0 Å². The topological polar surface area (TPSA) is 24.9 Å². The molecule has 2 nitrogen and oxygen atoms in total. The van der Waals surface area contributed by atoms with Crippen LogP contribution in [0.3, 0.4) is 0 Å². The lowest BCUT2D eigenvalue weighted by atomic mass is 9.98. The zero-order valence-electron chi connectivity index (χ0n) is 12.5. The molecule has 1 aromatic heterocycles. The zero-order valence-corrected chi connectivity index (χ0v) is 13.4. The Morgan fingerprint density at radius 3 is 2.61 bits per heavy atom. The fourth-order valence-electron chi connectivity index (χ4n) is 1.81. The van der Waals surface area contributed by atoms with E-state index in [2.05, 4.69) is 45.3 Å². The number of rotatable bonds is 7. The van der Waals surface area contributed by atoms with Crippen molar-refractivity contribution in [3.63, 3.8) is 0 Å². The molecule has 1 aromatic rings. The van der Waals surface area contributed by atoms with E-state index in [9.17, 15) is 0 Å². The lowest BCUT2D eigenvalue weighted by Gasteiger charge is -2.14. The first-order valence-electron chi connectivity index (χ1n) is 7.11. The van der Waals surface area contributed by atoms with Crippen LogP contribution in [0.5, 0.6) is 0 Å². The Hall–Kier alpha value is -0.410. The first-order chi connectivity index (χ1) is 8.43. The summed E-state index contributed by atoms with van der Waals surface area (Å²) < 4.78 is 0. The predicted molar refractivity (Wildman–Crippen MR) is 81.3 cm³/mol. The summed E-state index contributed by atoms with van der Waals surface area (Å²) in [5, 5.41) is 6.99. The minimum absolute atomic E-state index is 0.176. The summed E-state index contributed by atoms with van der Waals surface area (Å²) in [5.74, 6) is 0. The van der Waals surface area contributed by atoms with Crippen LogP contribution in [0.1, 0.15) is 71.0 Å². The minimum atomic E-state index is 0.176. The molecule has 1 unspecified atom stereocenters. The average molecular weight is 268 g/mol. The molecule has 0 aliphatic heterocycles. The maximum Gasteiger partial charge on any atom is 0.0982 e. The van der Waals surface area contributed by atoms with Crippen LogP contribution in [0.4, 0.5) is 0 Å². The van der Waals surface area contributed by atoms with Crippen molar-refractivity contribution in [1.82, 2.24) is 10.3 Å². The Morgan fingerprint density at radius 2 is 2.06 bits per heavy atom. The van der Waals surface area contributed by atoms with Gasteiger partial charge in [0.05, 0.1) is 10.7 Å². The van der Waals surface area contributed by atoms with Gasteiger partial charge in [-0.15, -0.1) is 11.3 Å². The van der Waals surface area contributed by atoms with E-state index in [-0.39, 0.29) is 5.41 Å². The maximum atomic E-state index is 4.71.